The van der Waals surface area contributed by atoms with Crippen LogP contribution in [0.5, 0.6) is 11.5 Å². The average molecular weight is 463 g/mol. The van der Waals surface area contributed by atoms with Crippen molar-refractivity contribution in [3.8, 4) is 11.5 Å². The van der Waals surface area contributed by atoms with E-state index in [1.807, 2.05) is 50.2 Å². The summed E-state index contributed by atoms with van der Waals surface area (Å²) in [5, 5.41) is 15.8. The Labute approximate surface area is 187 Å². The van der Waals surface area contributed by atoms with E-state index in [9.17, 15) is 4.79 Å². The maximum absolute atomic E-state index is 12.4. The molecule has 0 saturated heterocycles. The molecule has 2 N–H and O–H groups in total. The van der Waals surface area contributed by atoms with Gasteiger partial charge in [-0.3, -0.25) is 4.79 Å². The van der Waals surface area contributed by atoms with Crippen molar-refractivity contribution in [2.24, 2.45) is 0 Å². The minimum Gasteiger partial charge on any atom is -0.454 e. The molecule has 3 aromatic rings. The first-order chi connectivity index (χ1) is 14.5. The fraction of sp³-hybridized carbons (Fsp3) is 0.250. The Balaban J connectivity index is 1.29. The number of hydrogen-bond acceptors (Lipinski definition) is 8. The molecule has 1 aliphatic heterocycles. The molecule has 7 nitrogen and oxygen atoms in total. The van der Waals surface area contributed by atoms with Crippen LogP contribution in [0.25, 0.3) is 0 Å². The molecule has 0 spiro atoms. The molecule has 0 fully saturated rings. The van der Waals surface area contributed by atoms with Gasteiger partial charge in [-0.2, -0.15) is 0 Å². The Bertz CT molecular complexity index is 1080. The molecule has 30 heavy (non-hydrogen) atoms. The molecule has 1 amide bonds. The first-order valence-corrected chi connectivity index (χ1v) is 11.3. The average Bonchev–Trinajstić information content (AvgIpc) is 3.38. The Hall–Kier alpha value is -2.49. The molecule has 156 valence electrons. The lowest BCUT2D eigenvalue weighted by Gasteiger charge is -2.14. The van der Waals surface area contributed by atoms with Crippen LogP contribution >= 0.6 is 34.7 Å². The third-order valence-corrected chi connectivity index (χ3v) is 6.90. The third-order valence-electron chi connectivity index (χ3n) is 4.52. The van der Waals surface area contributed by atoms with Crippen molar-refractivity contribution in [1.29, 1.82) is 0 Å². The molecule has 1 aliphatic rings. The molecule has 0 saturated carbocycles. The van der Waals surface area contributed by atoms with Crippen LogP contribution in [0.4, 0.5) is 10.8 Å². The smallest absolute Gasteiger partial charge is 0.231 e. The van der Waals surface area contributed by atoms with Gasteiger partial charge >= 0.3 is 0 Å². The summed E-state index contributed by atoms with van der Waals surface area (Å²) in [6, 6.07) is 11.2. The maximum Gasteiger partial charge on any atom is 0.231 e. The highest BCUT2D eigenvalue weighted by molar-refractivity contribution is 8.01. The van der Waals surface area contributed by atoms with Gasteiger partial charge < -0.3 is 20.1 Å². The number of halogens is 1. The van der Waals surface area contributed by atoms with Crippen LogP contribution in [0.1, 0.15) is 24.1 Å². The van der Waals surface area contributed by atoms with Gasteiger partial charge in [-0.15, -0.1) is 10.2 Å². The monoisotopic (exact) mass is 462 g/mol. The van der Waals surface area contributed by atoms with Crippen LogP contribution in [-0.4, -0.2) is 28.7 Å². The van der Waals surface area contributed by atoms with Gasteiger partial charge in [-0.1, -0.05) is 46.8 Å². The first-order valence-electron chi connectivity index (χ1n) is 9.17. The largest absolute Gasteiger partial charge is 0.454 e. The number of amides is 1. The van der Waals surface area contributed by atoms with E-state index in [0.717, 1.165) is 22.6 Å². The van der Waals surface area contributed by atoms with E-state index in [-0.39, 0.29) is 24.5 Å². The zero-order valence-electron chi connectivity index (χ0n) is 16.3. The first kappa shape index (κ1) is 20.8. The Morgan fingerprint density at radius 1 is 1.27 bits per heavy atom. The van der Waals surface area contributed by atoms with Crippen molar-refractivity contribution in [3.63, 3.8) is 0 Å². The van der Waals surface area contributed by atoms with E-state index in [2.05, 4.69) is 20.8 Å². The molecule has 2 aromatic carbocycles. The zero-order valence-corrected chi connectivity index (χ0v) is 18.7. The molecular weight excluding hydrogens is 444 g/mol. The predicted octanol–water partition coefficient (Wildman–Crippen LogP) is 4.94. The Morgan fingerprint density at radius 3 is 2.97 bits per heavy atom. The van der Waals surface area contributed by atoms with Crippen LogP contribution in [0.15, 0.2) is 40.7 Å². The van der Waals surface area contributed by atoms with Gasteiger partial charge in [-0.25, -0.2) is 0 Å². The number of aromatic nitrogens is 2. The second-order valence-electron chi connectivity index (χ2n) is 6.60. The predicted molar refractivity (Wildman–Crippen MR) is 119 cm³/mol. The molecule has 4 rings (SSSR count). The second-order valence-corrected chi connectivity index (χ2v) is 9.21. The van der Waals surface area contributed by atoms with E-state index in [0.29, 0.717) is 20.2 Å². The number of rotatable bonds is 7. The molecule has 1 atom stereocenters. The van der Waals surface area contributed by atoms with E-state index in [4.69, 9.17) is 21.1 Å². The molecule has 0 aliphatic carbocycles. The van der Waals surface area contributed by atoms with Crippen molar-refractivity contribution in [2.45, 2.75) is 24.2 Å². The normalized spacial score (nSPS) is 13.2. The number of nitrogens with one attached hydrogen (secondary N) is 2. The number of benzene rings is 2. The van der Waals surface area contributed by atoms with Crippen molar-refractivity contribution >= 4 is 51.4 Å². The number of nitrogens with zero attached hydrogens (tertiary/aromatic N) is 2. The van der Waals surface area contributed by atoms with Crippen LogP contribution in [0.3, 0.4) is 0 Å². The summed E-state index contributed by atoms with van der Waals surface area (Å²) >= 11 is 8.88. The Kier molecular flexibility index (Phi) is 6.31. The summed E-state index contributed by atoms with van der Waals surface area (Å²) in [4.78, 5) is 12.4. The number of fused-ring (bicyclic) bond motifs is 1. The molecule has 0 radical (unpaired) electrons. The van der Waals surface area contributed by atoms with Gasteiger partial charge in [0.15, 0.2) is 15.8 Å². The lowest BCUT2D eigenvalue weighted by molar-refractivity contribution is -0.119. The number of carbonyl (C=O) groups is 1. The molecule has 2 heterocycles. The van der Waals surface area contributed by atoms with Crippen molar-refractivity contribution in [3.05, 3.63) is 52.5 Å². The van der Waals surface area contributed by atoms with Crippen LogP contribution in [0, 0.1) is 6.92 Å². The number of ether oxygens (including phenoxy) is 2. The summed E-state index contributed by atoms with van der Waals surface area (Å²) in [5.74, 6) is 1.59. The molecule has 1 aromatic heterocycles. The van der Waals surface area contributed by atoms with Crippen LogP contribution in [0.2, 0.25) is 5.02 Å². The van der Waals surface area contributed by atoms with Crippen molar-refractivity contribution in [2.75, 3.05) is 17.9 Å². The fourth-order valence-electron chi connectivity index (χ4n) is 2.85. The molecule has 0 unspecified atom stereocenters. The molecular formula is C20H19ClN4O3S2. The Morgan fingerprint density at radius 2 is 2.10 bits per heavy atom. The van der Waals surface area contributed by atoms with Crippen LogP contribution in [-0.2, 0) is 4.79 Å². The number of anilines is 2. The van der Waals surface area contributed by atoms with Crippen molar-refractivity contribution < 1.29 is 14.3 Å². The summed E-state index contributed by atoms with van der Waals surface area (Å²) < 4.78 is 11.4. The third kappa shape index (κ3) is 4.80. The SMILES string of the molecule is Cc1c(Cl)cccc1Nc1nnc(SCC(=O)N[C@H](C)c2ccc3c(c2)OCO3)s1. The number of carbonyl (C=O) groups excluding carboxylic acids is 1. The van der Waals surface area contributed by atoms with Gasteiger partial charge in [0, 0.05) is 10.7 Å². The summed E-state index contributed by atoms with van der Waals surface area (Å²) in [6.45, 7) is 4.10. The van der Waals surface area contributed by atoms with Gasteiger partial charge in [0.1, 0.15) is 0 Å². The lowest BCUT2D eigenvalue weighted by Crippen LogP contribution is -2.28. The minimum absolute atomic E-state index is 0.0828. The van der Waals surface area contributed by atoms with E-state index in [1.165, 1.54) is 23.1 Å². The minimum atomic E-state index is -0.148. The zero-order chi connectivity index (χ0) is 21.1. The number of thioether (sulfide) groups is 1. The molecule has 0 bridgehead atoms. The van der Waals surface area contributed by atoms with Gasteiger partial charge in [0.2, 0.25) is 17.8 Å². The van der Waals surface area contributed by atoms with Crippen molar-refractivity contribution in [1.82, 2.24) is 15.5 Å². The van der Waals surface area contributed by atoms with E-state index >= 15 is 0 Å². The summed E-state index contributed by atoms with van der Waals surface area (Å²) in [7, 11) is 0. The topological polar surface area (TPSA) is 85.4 Å². The standard InChI is InChI=1S/C20H19ClN4O3S2/c1-11-14(21)4-3-5-15(11)23-19-24-25-20(30-19)29-9-18(26)22-12(2)13-6-7-16-17(8-13)28-10-27-16/h3-8,12H,9-10H2,1-2H3,(H,22,26)(H,23,24)/t12-/m1/s1. The summed E-state index contributed by atoms with van der Waals surface area (Å²) in [6.07, 6.45) is 0. The summed E-state index contributed by atoms with van der Waals surface area (Å²) in [5.41, 5.74) is 2.78. The maximum atomic E-state index is 12.4. The lowest BCUT2D eigenvalue weighted by atomic mass is 10.1. The van der Waals surface area contributed by atoms with E-state index in [1.54, 1.807) is 0 Å². The highest BCUT2D eigenvalue weighted by atomic mass is 35.5. The van der Waals surface area contributed by atoms with Gasteiger partial charge in [-0.05, 0) is 49.2 Å². The highest BCUT2D eigenvalue weighted by Crippen LogP contribution is 2.34. The molecule has 10 heteroatoms. The number of hydrogen-bond donors (Lipinski definition) is 2. The van der Waals surface area contributed by atoms with Gasteiger partial charge in [0.05, 0.1) is 11.8 Å². The van der Waals surface area contributed by atoms with Gasteiger partial charge in [0.25, 0.3) is 0 Å². The highest BCUT2D eigenvalue weighted by Gasteiger charge is 2.17. The second kappa shape index (κ2) is 9.11. The fourth-order valence-corrected chi connectivity index (χ4v) is 4.60. The quantitative estimate of drug-likeness (QED) is 0.481. The van der Waals surface area contributed by atoms with E-state index < -0.39 is 0 Å². The van der Waals surface area contributed by atoms with Crippen LogP contribution < -0.4 is 20.1 Å².